The highest BCUT2D eigenvalue weighted by molar-refractivity contribution is 9.11. The Balaban J connectivity index is 1.46. The molecule has 2 fully saturated rings. The molecule has 3 amide bonds. The van der Waals surface area contributed by atoms with Gasteiger partial charge in [-0.15, -0.1) is 0 Å². The minimum Gasteiger partial charge on any atom is -0.455 e. The number of hydrogen-bond acceptors (Lipinski definition) is 7. The molecule has 4 aliphatic rings. The fourth-order valence-corrected chi connectivity index (χ4v) is 7.64. The number of anilines is 1. The third kappa shape index (κ3) is 5.60. The summed E-state index contributed by atoms with van der Waals surface area (Å²) >= 11 is 9.70. The van der Waals surface area contributed by atoms with E-state index in [9.17, 15) is 24.3 Å². The maximum absolute atomic E-state index is 14.7. The summed E-state index contributed by atoms with van der Waals surface area (Å²) in [5, 5.41) is 13.6. The molecule has 4 heterocycles. The number of ether oxygens (including phenoxy) is 2. The molecular weight excluding hydrogens is 666 g/mol. The van der Waals surface area contributed by atoms with E-state index in [2.05, 4.69) is 21.2 Å². The summed E-state index contributed by atoms with van der Waals surface area (Å²) in [5.74, 6) is -3.99. The van der Waals surface area contributed by atoms with Crippen molar-refractivity contribution in [3.63, 3.8) is 0 Å². The molecule has 7 atom stereocenters. The van der Waals surface area contributed by atoms with E-state index in [4.69, 9.17) is 21.1 Å². The van der Waals surface area contributed by atoms with Crippen LogP contribution < -0.4 is 10.2 Å². The zero-order valence-electron chi connectivity index (χ0n) is 24.5. The zero-order valence-corrected chi connectivity index (χ0v) is 26.8. The summed E-state index contributed by atoms with van der Waals surface area (Å²) in [6.45, 7) is 1.42. The van der Waals surface area contributed by atoms with Crippen molar-refractivity contribution in [2.75, 3.05) is 24.6 Å². The molecule has 236 valence electrons. The molecule has 2 saturated heterocycles. The smallest absolute Gasteiger partial charge is 0.313 e. The van der Waals surface area contributed by atoms with Crippen molar-refractivity contribution in [3.05, 3.63) is 87.9 Å². The van der Waals surface area contributed by atoms with Crippen molar-refractivity contribution < 1.29 is 33.8 Å². The Morgan fingerprint density at radius 2 is 1.80 bits per heavy atom. The molecule has 5 bridgehead atoms. The van der Waals surface area contributed by atoms with Crippen LogP contribution >= 0.6 is 27.5 Å². The number of halogens is 2. The van der Waals surface area contributed by atoms with E-state index in [1.54, 1.807) is 55.5 Å². The number of amides is 3. The maximum atomic E-state index is 14.7. The van der Waals surface area contributed by atoms with Crippen LogP contribution in [0.25, 0.3) is 0 Å². The van der Waals surface area contributed by atoms with Crippen LogP contribution in [0.15, 0.2) is 77.3 Å². The highest BCUT2D eigenvalue weighted by atomic mass is 79.9. The van der Waals surface area contributed by atoms with E-state index < -0.39 is 66.1 Å². The number of nitrogens with zero attached hydrogens (tertiary/aromatic N) is 2. The van der Waals surface area contributed by atoms with Gasteiger partial charge in [0, 0.05) is 28.2 Å². The quantitative estimate of drug-likeness (QED) is 0.369. The third-order valence-electron chi connectivity index (χ3n) is 8.92. The molecule has 0 aromatic heterocycles. The van der Waals surface area contributed by atoms with Gasteiger partial charge in [0.1, 0.15) is 29.8 Å². The number of nitrogens with one attached hydrogen (secondary N) is 1. The lowest BCUT2D eigenvalue weighted by Gasteiger charge is -2.37. The SMILES string of the molecule is C[C@H](CO)N1C(=O)[C@@H]2[C@H]3C(=O)O[C@@H](c4ccccc4)CNC(=O)CC/C=C\CN(c4ccc(Cl)cc4)C(=O)[C@@H]1[C@]21C=C(Br)[C@H]3O1. The van der Waals surface area contributed by atoms with Crippen LogP contribution in [0, 0.1) is 11.8 Å². The van der Waals surface area contributed by atoms with Gasteiger partial charge in [0.05, 0.1) is 25.1 Å². The van der Waals surface area contributed by atoms with E-state index in [1.165, 1.54) is 9.80 Å². The highest BCUT2D eigenvalue weighted by Crippen LogP contribution is 2.59. The number of esters is 1. The second kappa shape index (κ2) is 12.7. The highest BCUT2D eigenvalue weighted by Gasteiger charge is 2.75. The van der Waals surface area contributed by atoms with E-state index >= 15 is 0 Å². The molecule has 2 aromatic rings. The van der Waals surface area contributed by atoms with Crippen LogP contribution in [0.4, 0.5) is 5.69 Å². The minimum absolute atomic E-state index is 0.0381. The molecule has 12 heteroatoms. The van der Waals surface area contributed by atoms with Gasteiger partial charge in [-0.3, -0.25) is 19.2 Å². The molecule has 0 radical (unpaired) electrons. The number of aliphatic hydroxyl groups is 1. The molecule has 4 aliphatic heterocycles. The van der Waals surface area contributed by atoms with E-state index in [-0.39, 0.29) is 25.4 Å². The lowest BCUT2D eigenvalue weighted by atomic mass is 9.74. The Kier molecular flexibility index (Phi) is 8.89. The Morgan fingerprint density at radius 1 is 1.07 bits per heavy atom. The van der Waals surface area contributed by atoms with Gasteiger partial charge in [-0.25, -0.2) is 0 Å². The average molecular weight is 699 g/mol. The van der Waals surface area contributed by atoms with Crippen LogP contribution in [-0.2, 0) is 28.7 Å². The van der Waals surface area contributed by atoms with Gasteiger partial charge >= 0.3 is 5.97 Å². The number of allylic oxidation sites excluding steroid dienone is 1. The average Bonchev–Trinajstić information content (AvgIpc) is 3.64. The van der Waals surface area contributed by atoms with Gasteiger partial charge in [-0.2, -0.15) is 0 Å². The first kappa shape index (κ1) is 31.5. The van der Waals surface area contributed by atoms with Crippen LogP contribution in [0.1, 0.15) is 31.4 Å². The van der Waals surface area contributed by atoms with Gasteiger partial charge in [-0.1, -0.05) is 70.0 Å². The molecule has 6 rings (SSSR count). The maximum Gasteiger partial charge on any atom is 0.313 e. The number of carbonyl (C=O) groups excluding carboxylic acids is 4. The summed E-state index contributed by atoms with van der Waals surface area (Å²) in [7, 11) is 0. The molecule has 0 unspecified atom stereocenters. The predicted octanol–water partition coefficient (Wildman–Crippen LogP) is 3.68. The third-order valence-corrected chi connectivity index (χ3v) is 9.85. The van der Waals surface area contributed by atoms with Crippen LogP contribution in [0.5, 0.6) is 0 Å². The predicted molar refractivity (Wildman–Crippen MR) is 169 cm³/mol. The molecule has 0 aliphatic carbocycles. The van der Waals surface area contributed by atoms with Crippen LogP contribution in [0.2, 0.25) is 5.02 Å². The van der Waals surface area contributed by atoms with E-state index in [0.29, 0.717) is 27.2 Å². The second-order valence-corrected chi connectivity index (χ2v) is 13.0. The molecule has 2 aromatic carbocycles. The van der Waals surface area contributed by atoms with Gasteiger partial charge in [0.25, 0.3) is 5.91 Å². The van der Waals surface area contributed by atoms with Gasteiger partial charge < -0.3 is 29.7 Å². The number of hydrogen-bond donors (Lipinski definition) is 2. The molecule has 2 N–H and O–H groups in total. The zero-order chi connectivity index (χ0) is 31.9. The molecule has 45 heavy (non-hydrogen) atoms. The number of aliphatic hydroxyl groups excluding tert-OH is 1. The fraction of sp³-hybridized carbons (Fsp3) is 0.394. The first-order valence-corrected chi connectivity index (χ1v) is 16.1. The Hall–Kier alpha value is -3.51. The summed E-state index contributed by atoms with van der Waals surface area (Å²) < 4.78 is 13.1. The largest absolute Gasteiger partial charge is 0.455 e. The van der Waals surface area contributed by atoms with Crippen molar-refractivity contribution in [2.24, 2.45) is 11.8 Å². The lowest BCUT2D eigenvalue weighted by molar-refractivity contribution is -0.160. The molecular formula is C33H33BrClN3O7. The van der Waals surface area contributed by atoms with Crippen molar-refractivity contribution in [3.8, 4) is 0 Å². The standard InChI is InChI=1S/C33H33BrClN3O7/c1-19(18-39)38-29-31(42)37(22-13-11-21(35)12-14-22)15-7-3-6-10-25(40)36-17-24(20-8-4-2-5-9-20)44-32(43)26-27(30(38)41)33(29)16-23(34)28(26)45-33/h2-5,7-9,11-14,16,19,24,26-29,39H,6,10,15,17-18H2,1H3,(H,36,40)/b7-3-/t19-,24-,26-,27+,28-,29-,33+/m1/s1. The summed E-state index contributed by atoms with van der Waals surface area (Å²) in [6, 6.07) is 13.9. The number of carbonyl (C=O) groups is 4. The van der Waals surface area contributed by atoms with Gasteiger partial charge in [-0.05, 0) is 49.2 Å². The van der Waals surface area contributed by atoms with Crippen LogP contribution in [0.3, 0.4) is 0 Å². The Morgan fingerprint density at radius 3 is 2.51 bits per heavy atom. The summed E-state index contributed by atoms with van der Waals surface area (Å²) in [4.78, 5) is 58.8. The molecule has 0 saturated carbocycles. The lowest BCUT2D eigenvalue weighted by Crippen LogP contribution is -2.58. The summed E-state index contributed by atoms with van der Waals surface area (Å²) in [5.41, 5.74) is -0.285. The number of rotatable bonds is 4. The number of benzene rings is 2. The summed E-state index contributed by atoms with van der Waals surface area (Å²) in [6.07, 6.45) is 4.26. The topological polar surface area (TPSA) is 125 Å². The van der Waals surface area contributed by atoms with Gasteiger partial charge in [0.2, 0.25) is 11.8 Å². The van der Waals surface area contributed by atoms with Crippen molar-refractivity contribution in [1.29, 1.82) is 0 Å². The molecule has 1 spiro atoms. The van der Waals surface area contributed by atoms with E-state index in [1.807, 2.05) is 24.3 Å². The Labute approximate surface area is 274 Å². The van der Waals surface area contributed by atoms with E-state index in [0.717, 1.165) is 0 Å². The fourth-order valence-electron chi connectivity index (χ4n) is 6.78. The number of cyclic esters (lactones) is 1. The second-order valence-electron chi connectivity index (χ2n) is 11.7. The first-order valence-electron chi connectivity index (χ1n) is 14.9. The monoisotopic (exact) mass is 697 g/mol. The normalized spacial score (nSPS) is 31.7. The molecule has 10 nitrogen and oxygen atoms in total. The van der Waals surface area contributed by atoms with Gasteiger partial charge in [0.15, 0.2) is 0 Å². The van der Waals surface area contributed by atoms with Crippen molar-refractivity contribution in [1.82, 2.24) is 10.2 Å². The van der Waals surface area contributed by atoms with Crippen LogP contribution in [-0.4, -0.2) is 77.2 Å². The van der Waals surface area contributed by atoms with Crippen molar-refractivity contribution in [2.45, 2.75) is 49.7 Å². The number of likely N-dealkylation sites (tertiary alicyclic amines) is 1. The van der Waals surface area contributed by atoms with Crippen molar-refractivity contribution >= 4 is 56.9 Å². The Bertz CT molecular complexity index is 1550. The first-order chi connectivity index (χ1) is 21.7. The minimum atomic E-state index is -1.50. The number of fused-ring (bicyclic) bond motifs is 2.